The van der Waals surface area contributed by atoms with Crippen molar-refractivity contribution in [3.05, 3.63) is 12.7 Å². The first kappa shape index (κ1) is 11.4. The number of nitrogens with one attached hydrogen (secondary N) is 2. The molecule has 0 saturated carbocycles. The van der Waals surface area contributed by atoms with E-state index in [1.165, 1.54) is 0 Å². The summed E-state index contributed by atoms with van der Waals surface area (Å²) in [6, 6.07) is 0. The van der Waals surface area contributed by atoms with E-state index in [-0.39, 0.29) is 6.54 Å². The van der Waals surface area contributed by atoms with Crippen LogP contribution in [-0.2, 0) is 10.2 Å². The second-order valence-corrected chi connectivity index (χ2v) is 3.24. The van der Waals surface area contributed by atoms with Gasteiger partial charge in [-0.15, -0.1) is 11.3 Å². The van der Waals surface area contributed by atoms with Crippen molar-refractivity contribution in [3.8, 4) is 0 Å². The van der Waals surface area contributed by atoms with Gasteiger partial charge in [0.2, 0.25) is 0 Å². The van der Waals surface area contributed by atoms with E-state index in [0.29, 0.717) is 4.72 Å². The van der Waals surface area contributed by atoms with Crippen LogP contribution in [0.15, 0.2) is 12.7 Å². The third-order valence-corrected chi connectivity index (χ3v) is 1.71. The first-order valence-corrected chi connectivity index (χ1v) is 4.21. The fourth-order valence-corrected chi connectivity index (χ4v) is 1.07. The van der Waals surface area contributed by atoms with Gasteiger partial charge < -0.3 is 0 Å². The van der Waals surface area contributed by atoms with Gasteiger partial charge in [-0.2, -0.15) is 26.3 Å². The van der Waals surface area contributed by atoms with E-state index >= 15 is 0 Å². The second-order valence-electron chi connectivity index (χ2n) is 1.74. The summed E-state index contributed by atoms with van der Waals surface area (Å²) < 4.78 is 57.1. The van der Waals surface area contributed by atoms with E-state index in [4.69, 9.17) is 0 Å². The normalized spacial score (nSPS) is 12.9. The van der Waals surface area contributed by atoms with E-state index < -0.39 is 16.5 Å². The number of hydrogen-bond donors (Lipinski definition) is 2. The quantitative estimate of drug-likeness (QED) is 0.504. The Hall–Kier alpha value is -0.600. The molecular formula is C4H7F3N2O2S. The van der Waals surface area contributed by atoms with Crippen molar-refractivity contribution in [2.45, 2.75) is 6.30 Å². The van der Waals surface area contributed by atoms with Gasteiger partial charge in [0.25, 0.3) is 10.2 Å². The lowest BCUT2D eigenvalue weighted by Crippen LogP contribution is -2.44. The molecule has 0 rings (SSSR count). The van der Waals surface area contributed by atoms with Crippen LogP contribution in [0.4, 0.5) is 13.2 Å². The molecule has 0 heterocycles. The van der Waals surface area contributed by atoms with Crippen molar-refractivity contribution >= 4 is 10.2 Å². The van der Waals surface area contributed by atoms with E-state index in [0.717, 1.165) is 6.08 Å². The molecule has 4 nitrogen and oxygen atoms in total. The third kappa shape index (κ3) is 6.13. The number of alkyl halides is 3. The molecule has 0 aromatic carbocycles. The molecule has 12 heavy (non-hydrogen) atoms. The van der Waals surface area contributed by atoms with Gasteiger partial charge in [-0.25, -0.2) is 0 Å². The average Bonchev–Trinajstić information content (AvgIpc) is 1.78. The maximum Gasteiger partial charge on any atom is 0.471 e. The van der Waals surface area contributed by atoms with Crippen molar-refractivity contribution in [1.29, 1.82) is 0 Å². The highest BCUT2D eigenvalue weighted by molar-refractivity contribution is 7.87. The Labute approximate surface area is 67.6 Å². The van der Waals surface area contributed by atoms with Gasteiger partial charge >= 0.3 is 6.30 Å². The first-order chi connectivity index (χ1) is 5.27. The molecule has 0 aliphatic carbocycles. The van der Waals surface area contributed by atoms with Crippen LogP contribution >= 0.6 is 0 Å². The largest absolute Gasteiger partial charge is 0.471 e. The van der Waals surface area contributed by atoms with Crippen LogP contribution in [0.5, 0.6) is 0 Å². The minimum absolute atomic E-state index is 0.259. The van der Waals surface area contributed by atoms with Gasteiger partial charge in [-0.1, -0.05) is 6.08 Å². The highest BCUT2D eigenvalue weighted by Crippen LogP contribution is 2.10. The minimum Gasteiger partial charge on any atom is -0.198 e. The molecular weight excluding hydrogens is 197 g/mol. The average molecular weight is 204 g/mol. The summed E-state index contributed by atoms with van der Waals surface area (Å²) in [7, 11) is -4.50. The Morgan fingerprint density at radius 3 is 2.25 bits per heavy atom. The van der Waals surface area contributed by atoms with E-state index in [2.05, 4.69) is 6.58 Å². The lowest BCUT2D eigenvalue weighted by molar-refractivity contribution is -0.138. The van der Waals surface area contributed by atoms with Gasteiger partial charge in [-0.05, 0) is 0 Å². The zero-order chi connectivity index (χ0) is 9.83. The Balaban J connectivity index is 4.15. The molecule has 0 saturated heterocycles. The molecule has 0 amide bonds. The molecule has 8 heteroatoms. The lowest BCUT2D eigenvalue weighted by Gasteiger charge is -2.08. The van der Waals surface area contributed by atoms with Crippen molar-refractivity contribution in [3.63, 3.8) is 0 Å². The van der Waals surface area contributed by atoms with Crippen molar-refractivity contribution in [2.75, 3.05) is 6.54 Å². The Bertz CT molecular complexity index is 246. The molecule has 0 aromatic heterocycles. The molecule has 2 N–H and O–H groups in total. The van der Waals surface area contributed by atoms with Gasteiger partial charge in [0.15, 0.2) is 0 Å². The molecule has 0 aliphatic heterocycles. The zero-order valence-corrected chi connectivity index (χ0v) is 6.67. The summed E-state index contributed by atoms with van der Waals surface area (Å²) in [4.78, 5) is 0. The van der Waals surface area contributed by atoms with Crippen LogP contribution in [0.2, 0.25) is 0 Å². The maximum atomic E-state index is 11.4. The molecule has 0 aromatic rings. The maximum absolute atomic E-state index is 11.4. The van der Waals surface area contributed by atoms with Crippen molar-refractivity contribution in [2.24, 2.45) is 0 Å². The van der Waals surface area contributed by atoms with E-state index in [1.807, 2.05) is 0 Å². The number of halogens is 3. The summed E-state index contributed by atoms with van der Waals surface area (Å²) in [6.45, 7) is 2.87. The minimum atomic E-state index is -4.95. The van der Waals surface area contributed by atoms with Crippen LogP contribution in [-0.4, -0.2) is 21.3 Å². The molecule has 0 spiro atoms. The number of rotatable bonds is 4. The smallest absolute Gasteiger partial charge is 0.198 e. The van der Waals surface area contributed by atoms with Crippen LogP contribution in [0, 0.1) is 0 Å². The summed E-state index contributed by atoms with van der Waals surface area (Å²) >= 11 is 0. The SMILES string of the molecule is C=CCNS(=O)(=O)NC(F)(F)F. The van der Waals surface area contributed by atoms with Gasteiger partial charge in [0.1, 0.15) is 0 Å². The highest BCUT2D eigenvalue weighted by atomic mass is 32.2. The van der Waals surface area contributed by atoms with Crippen molar-refractivity contribution < 1.29 is 21.6 Å². The number of hydrogen-bond acceptors (Lipinski definition) is 2. The molecule has 0 fully saturated rings. The monoisotopic (exact) mass is 204 g/mol. The topological polar surface area (TPSA) is 58.2 Å². The summed E-state index contributed by atoms with van der Waals surface area (Å²) in [5, 5.41) is 0. The molecule has 0 aliphatic rings. The molecule has 0 radical (unpaired) electrons. The summed E-state index contributed by atoms with van der Waals surface area (Å²) in [6.07, 6.45) is -3.83. The molecule has 0 unspecified atom stereocenters. The predicted octanol–water partition coefficient (Wildman–Crippen LogP) is 0.116. The third-order valence-electron chi connectivity index (χ3n) is 0.668. The van der Waals surface area contributed by atoms with Crippen LogP contribution < -0.4 is 9.44 Å². The highest BCUT2D eigenvalue weighted by Gasteiger charge is 2.33. The van der Waals surface area contributed by atoms with Crippen molar-refractivity contribution in [1.82, 2.24) is 9.44 Å². The predicted molar refractivity (Wildman–Crippen MR) is 36.3 cm³/mol. The molecule has 0 bridgehead atoms. The lowest BCUT2D eigenvalue weighted by atomic mass is 10.7. The van der Waals surface area contributed by atoms with Gasteiger partial charge in [0, 0.05) is 6.54 Å². The Kier molecular flexibility index (Phi) is 3.68. The molecule has 72 valence electrons. The first-order valence-electron chi connectivity index (χ1n) is 2.73. The van der Waals surface area contributed by atoms with E-state index in [9.17, 15) is 21.6 Å². The summed E-state index contributed by atoms with van der Waals surface area (Å²) in [5.74, 6) is 0. The Morgan fingerprint density at radius 1 is 1.42 bits per heavy atom. The van der Waals surface area contributed by atoms with Crippen LogP contribution in [0.3, 0.4) is 0 Å². The summed E-state index contributed by atoms with van der Waals surface area (Å²) in [5.41, 5.74) is 0. The van der Waals surface area contributed by atoms with Crippen LogP contribution in [0.1, 0.15) is 0 Å². The van der Waals surface area contributed by atoms with E-state index in [1.54, 1.807) is 4.72 Å². The van der Waals surface area contributed by atoms with Gasteiger partial charge in [-0.3, -0.25) is 0 Å². The molecule has 0 atom stereocenters. The second kappa shape index (κ2) is 3.87. The fraction of sp³-hybridized carbons (Fsp3) is 0.500. The zero-order valence-electron chi connectivity index (χ0n) is 5.85. The Morgan fingerprint density at radius 2 is 1.92 bits per heavy atom. The van der Waals surface area contributed by atoms with Gasteiger partial charge in [0.05, 0.1) is 0 Å². The van der Waals surface area contributed by atoms with Crippen LogP contribution in [0.25, 0.3) is 0 Å². The standard InChI is InChI=1S/C4H7F3N2O2S/c1-2-3-8-12(10,11)9-4(5,6)7/h2,8-9H,1,3H2. The fourth-order valence-electron chi connectivity index (χ4n) is 0.357.